The highest BCUT2D eigenvalue weighted by Gasteiger charge is 2.33. The second kappa shape index (κ2) is 8.67. The van der Waals surface area contributed by atoms with Gasteiger partial charge in [0.05, 0.1) is 0 Å². The van der Waals surface area contributed by atoms with E-state index in [4.69, 9.17) is 5.84 Å². The maximum absolute atomic E-state index is 5.72. The van der Waals surface area contributed by atoms with Crippen molar-refractivity contribution < 1.29 is 0 Å². The van der Waals surface area contributed by atoms with E-state index in [0.29, 0.717) is 6.04 Å². The first kappa shape index (κ1) is 16.6. The molecule has 3 nitrogen and oxygen atoms in total. The molecule has 0 aliphatic heterocycles. The minimum atomic E-state index is 0.132. The molecule has 3 N–H and O–H groups in total. The van der Waals surface area contributed by atoms with Crippen LogP contribution in [0.4, 0.5) is 0 Å². The van der Waals surface area contributed by atoms with Gasteiger partial charge >= 0.3 is 0 Å². The van der Waals surface area contributed by atoms with Crippen LogP contribution >= 0.6 is 0 Å². The fourth-order valence-electron chi connectivity index (χ4n) is 2.26. The summed E-state index contributed by atoms with van der Waals surface area (Å²) in [6.07, 6.45) is 9.08. The number of likely N-dealkylation sites (N-methyl/N-ethyl adjacent to an activating group) is 1. The van der Waals surface area contributed by atoms with Crippen molar-refractivity contribution in [3.63, 3.8) is 0 Å². The van der Waals surface area contributed by atoms with Crippen molar-refractivity contribution in [1.29, 1.82) is 0 Å². The van der Waals surface area contributed by atoms with Gasteiger partial charge in [0.1, 0.15) is 0 Å². The van der Waals surface area contributed by atoms with Gasteiger partial charge in [-0.05, 0) is 46.7 Å². The summed E-state index contributed by atoms with van der Waals surface area (Å²) >= 11 is 0. The molecule has 0 aromatic carbocycles. The number of hydrogen-bond acceptors (Lipinski definition) is 3. The fraction of sp³-hybridized carbons (Fsp3) is 0.857. The van der Waals surface area contributed by atoms with Crippen LogP contribution in [0, 0.1) is 0 Å². The summed E-state index contributed by atoms with van der Waals surface area (Å²) in [4.78, 5) is 2.28. The normalized spacial score (nSPS) is 16.8. The molecule has 102 valence electrons. The molecule has 0 saturated heterocycles. The Morgan fingerprint density at radius 1 is 1.35 bits per heavy atom. The van der Waals surface area contributed by atoms with Crippen molar-refractivity contribution in [2.75, 3.05) is 14.1 Å². The van der Waals surface area contributed by atoms with Crippen LogP contribution in [0.5, 0.6) is 0 Å². The average molecular weight is 241 g/mol. The summed E-state index contributed by atoms with van der Waals surface area (Å²) < 4.78 is 0. The first-order valence-corrected chi connectivity index (χ1v) is 6.77. The van der Waals surface area contributed by atoms with Crippen LogP contribution in [-0.2, 0) is 0 Å². The van der Waals surface area contributed by atoms with Gasteiger partial charge in [0.15, 0.2) is 0 Å². The zero-order valence-corrected chi connectivity index (χ0v) is 12.1. The summed E-state index contributed by atoms with van der Waals surface area (Å²) in [6.45, 7) is 8.25. The molecular formula is C14H31N3. The largest absolute Gasteiger partial charge is 0.302 e. The van der Waals surface area contributed by atoms with Crippen molar-refractivity contribution in [2.45, 2.75) is 64.0 Å². The molecule has 3 heteroatoms. The van der Waals surface area contributed by atoms with E-state index >= 15 is 0 Å². The van der Waals surface area contributed by atoms with E-state index in [1.54, 1.807) is 0 Å². The predicted molar refractivity (Wildman–Crippen MR) is 76.8 cm³/mol. The molecule has 0 aromatic heterocycles. The number of rotatable bonds is 10. The van der Waals surface area contributed by atoms with E-state index in [1.165, 1.54) is 19.3 Å². The minimum absolute atomic E-state index is 0.132. The number of nitrogens with zero attached hydrogens (tertiary/aromatic N) is 1. The van der Waals surface area contributed by atoms with Crippen LogP contribution < -0.4 is 11.3 Å². The van der Waals surface area contributed by atoms with Gasteiger partial charge in [0.25, 0.3) is 0 Å². The smallest absolute Gasteiger partial charge is 0.0391 e. The van der Waals surface area contributed by atoms with Gasteiger partial charge in [-0.1, -0.05) is 25.8 Å². The quantitative estimate of drug-likeness (QED) is 0.267. The Labute approximate surface area is 107 Å². The van der Waals surface area contributed by atoms with Crippen LogP contribution in [0.1, 0.15) is 52.4 Å². The van der Waals surface area contributed by atoms with E-state index in [-0.39, 0.29) is 5.54 Å². The summed E-state index contributed by atoms with van der Waals surface area (Å²) in [7, 11) is 4.26. The zero-order chi connectivity index (χ0) is 13.3. The monoisotopic (exact) mass is 241 g/mol. The summed E-state index contributed by atoms with van der Waals surface area (Å²) in [5, 5.41) is 0. The highest BCUT2D eigenvalue weighted by atomic mass is 15.3. The van der Waals surface area contributed by atoms with Crippen LogP contribution in [0.25, 0.3) is 0 Å². The van der Waals surface area contributed by atoms with E-state index in [0.717, 1.165) is 19.3 Å². The number of allylic oxidation sites excluding steroid dienone is 1. The SMILES string of the molecule is C=CCCCCCC(NN)C(C)(CC)N(C)C. The van der Waals surface area contributed by atoms with Gasteiger partial charge in [0.2, 0.25) is 0 Å². The Bertz CT molecular complexity index is 204. The summed E-state index contributed by atoms with van der Waals surface area (Å²) in [5.74, 6) is 5.72. The molecule has 0 aromatic rings. The van der Waals surface area contributed by atoms with Gasteiger partial charge in [-0.25, -0.2) is 0 Å². The minimum Gasteiger partial charge on any atom is -0.302 e. The molecule has 0 saturated carbocycles. The lowest BCUT2D eigenvalue weighted by Crippen LogP contribution is -2.58. The van der Waals surface area contributed by atoms with Crippen molar-refractivity contribution in [2.24, 2.45) is 5.84 Å². The van der Waals surface area contributed by atoms with Crippen LogP contribution in [-0.4, -0.2) is 30.6 Å². The standard InChI is InChI=1S/C14H31N3/c1-6-8-9-10-11-12-13(16-15)14(3,7-2)17(4)5/h6,13,16H,1,7-12,15H2,2-5H3. The van der Waals surface area contributed by atoms with Gasteiger partial charge < -0.3 is 4.90 Å². The topological polar surface area (TPSA) is 41.3 Å². The summed E-state index contributed by atoms with van der Waals surface area (Å²) in [5.41, 5.74) is 3.14. The maximum Gasteiger partial charge on any atom is 0.0391 e. The van der Waals surface area contributed by atoms with E-state index in [2.05, 4.69) is 44.8 Å². The van der Waals surface area contributed by atoms with Gasteiger partial charge in [-0.15, -0.1) is 6.58 Å². The third-order valence-electron chi connectivity index (χ3n) is 4.09. The van der Waals surface area contributed by atoms with Gasteiger partial charge in [0, 0.05) is 11.6 Å². The first-order chi connectivity index (χ1) is 8.02. The van der Waals surface area contributed by atoms with Crippen molar-refractivity contribution in [1.82, 2.24) is 10.3 Å². The van der Waals surface area contributed by atoms with E-state index in [9.17, 15) is 0 Å². The van der Waals surface area contributed by atoms with Gasteiger partial charge in [-0.2, -0.15) is 0 Å². The highest BCUT2D eigenvalue weighted by molar-refractivity contribution is 4.93. The highest BCUT2D eigenvalue weighted by Crippen LogP contribution is 2.24. The van der Waals surface area contributed by atoms with Crippen LogP contribution in [0.15, 0.2) is 12.7 Å². The van der Waals surface area contributed by atoms with Crippen molar-refractivity contribution >= 4 is 0 Å². The zero-order valence-electron chi connectivity index (χ0n) is 12.1. The van der Waals surface area contributed by atoms with Crippen LogP contribution in [0.2, 0.25) is 0 Å². The molecule has 0 radical (unpaired) electrons. The molecule has 0 spiro atoms. The van der Waals surface area contributed by atoms with Crippen LogP contribution in [0.3, 0.4) is 0 Å². The van der Waals surface area contributed by atoms with E-state index < -0.39 is 0 Å². The average Bonchev–Trinajstić information content (AvgIpc) is 2.32. The molecule has 0 aliphatic rings. The predicted octanol–water partition coefficient (Wildman–Crippen LogP) is 2.69. The number of unbranched alkanes of at least 4 members (excludes halogenated alkanes) is 3. The molecule has 0 amide bonds. The molecule has 17 heavy (non-hydrogen) atoms. The fourth-order valence-corrected chi connectivity index (χ4v) is 2.26. The molecule has 2 unspecified atom stereocenters. The molecule has 0 rings (SSSR count). The molecule has 0 fully saturated rings. The number of nitrogens with two attached hydrogens (primary N) is 1. The molecular weight excluding hydrogens is 210 g/mol. The Balaban J connectivity index is 4.16. The van der Waals surface area contributed by atoms with E-state index in [1.807, 2.05) is 6.08 Å². The lowest BCUT2D eigenvalue weighted by molar-refractivity contribution is 0.106. The lowest BCUT2D eigenvalue weighted by Gasteiger charge is -2.42. The van der Waals surface area contributed by atoms with Gasteiger partial charge in [-0.3, -0.25) is 11.3 Å². The third-order valence-corrected chi connectivity index (χ3v) is 4.09. The maximum atomic E-state index is 5.72. The molecule has 0 bridgehead atoms. The Morgan fingerprint density at radius 3 is 2.41 bits per heavy atom. The summed E-state index contributed by atoms with van der Waals surface area (Å²) in [6, 6.07) is 0.353. The lowest BCUT2D eigenvalue weighted by atomic mass is 9.85. The Kier molecular flexibility index (Phi) is 8.48. The number of hydrogen-bond donors (Lipinski definition) is 2. The molecule has 2 atom stereocenters. The second-order valence-corrected chi connectivity index (χ2v) is 5.25. The Morgan fingerprint density at radius 2 is 2.00 bits per heavy atom. The first-order valence-electron chi connectivity index (χ1n) is 6.77. The number of nitrogens with one attached hydrogen (secondary N) is 1. The number of hydrazine groups is 1. The molecule has 0 heterocycles. The Hall–Kier alpha value is -0.380. The molecule has 0 aliphatic carbocycles. The van der Waals surface area contributed by atoms with Crippen molar-refractivity contribution in [3.8, 4) is 0 Å². The third kappa shape index (κ3) is 5.19. The second-order valence-electron chi connectivity index (χ2n) is 5.25. The van der Waals surface area contributed by atoms with Crippen molar-refractivity contribution in [3.05, 3.63) is 12.7 Å².